The predicted octanol–water partition coefficient (Wildman–Crippen LogP) is 2.38. The van der Waals surface area contributed by atoms with Gasteiger partial charge in [0.05, 0.1) is 5.60 Å². The maximum atomic E-state index is 13.5. The van der Waals surface area contributed by atoms with Gasteiger partial charge in [-0.1, -0.05) is 17.7 Å². The third kappa shape index (κ3) is 3.01. The maximum absolute atomic E-state index is 13.5. The average Bonchev–Trinajstić information content (AvgIpc) is 2.18. The Bertz CT molecular complexity index is 334. The van der Waals surface area contributed by atoms with Crippen LogP contribution in [0.3, 0.4) is 0 Å². The lowest BCUT2D eigenvalue weighted by Crippen LogP contribution is -2.24. The van der Waals surface area contributed by atoms with Crippen LogP contribution < -0.4 is 0 Å². The number of methoxy groups -OCH3 is 1. The summed E-state index contributed by atoms with van der Waals surface area (Å²) in [5.41, 5.74) is 0.0928. The summed E-state index contributed by atoms with van der Waals surface area (Å²) in [6.45, 7) is 3.87. The van der Waals surface area contributed by atoms with Crippen molar-refractivity contribution in [2.75, 3.05) is 13.7 Å². The zero-order valence-electron chi connectivity index (χ0n) is 9.38. The molecule has 1 N–H and O–H groups in total. The second-order valence-electron chi connectivity index (χ2n) is 4.00. The van der Waals surface area contributed by atoms with Crippen LogP contribution in [0.15, 0.2) is 18.2 Å². The zero-order chi connectivity index (χ0) is 11.5. The standard InChI is InChI=1S/C12H17FO2/c1-9-4-5-11(13)10(8-9)12(2,14)6-7-15-3/h4-5,8,14H,6-7H2,1-3H3. The maximum Gasteiger partial charge on any atom is 0.129 e. The molecule has 1 rings (SSSR count). The number of ether oxygens (including phenoxy) is 1. The van der Waals surface area contributed by atoms with Crippen molar-refractivity contribution in [3.63, 3.8) is 0 Å². The molecule has 0 aliphatic rings. The monoisotopic (exact) mass is 212 g/mol. The average molecular weight is 212 g/mol. The van der Waals surface area contributed by atoms with Gasteiger partial charge < -0.3 is 9.84 Å². The second-order valence-corrected chi connectivity index (χ2v) is 4.00. The highest BCUT2D eigenvalue weighted by atomic mass is 19.1. The summed E-state index contributed by atoms with van der Waals surface area (Å²) >= 11 is 0. The molecule has 0 heterocycles. The van der Waals surface area contributed by atoms with Gasteiger partial charge in [-0.15, -0.1) is 0 Å². The lowest BCUT2D eigenvalue weighted by atomic mass is 9.91. The molecule has 2 nitrogen and oxygen atoms in total. The summed E-state index contributed by atoms with van der Waals surface area (Å²) < 4.78 is 18.4. The van der Waals surface area contributed by atoms with Crippen LogP contribution >= 0.6 is 0 Å². The highest BCUT2D eigenvalue weighted by Gasteiger charge is 2.26. The molecule has 0 radical (unpaired) electrons. The highest BCUT2D eigenvalue weighted by Crippen LogP contribution is 2.27. The molecule has 1 aromatic carbocycles. The van der Waals surface area contributed by atoms with E-state index < -0.39 is 5.60 Å². The summed E-state index contributed by atoms with van der Waals surface area (Å²) in [6.07, 6.45) is 0.379. The molecule has 1 atom stereocenters. The number of aliphatic hydroxyl groups is 1. The Morgan fingerprint density at radius 1 is 1.47 bits per heavy atom. The number of aryl methyl sites for hydroxylation is 1. The molecule has 84 valence electrons. The largest absolute Gasteiger partial charge is 0.385 e. The molecule has 1 aromatic rings. The minimum absolute atomic E-state index is 0.333. The van der Waals surface area contributed by atoms with E-state index in [2.05, 4.69) is 0 Å². The van der Waals surface area contributed by atoms with Gasteiger partial charge in [0, 0.05) is 25.7 Å². The van der Waals surface area contributed by atoms with Gasteiger partial charge in [0.2, 0.25) is 0 Å². The van der Waals surface area contributed by atoms with Gasteiger partial charge in [-0.05, 0) is 19.9 Å². The van der Waals surface area contributed by atoms with E-state index in [1.807, 2.05) is 6.92 Å². The molecule has 0 spiro atoms. The predicted molar refractivity (Wildman–Crippen MR) is 57.2 cm³/mol. The van der Waals surface area contributed by atoms with Gasteiger partial charge in [-0.25, -0.2) is 4.39 Å². The lowest BCUT2D eigenvalue weighted by Gasteiger charge is -2.24. The van der Waals surface area contributed by atoms with Crippen LogP contribution in [0, 0.1) is 12.7 Å². The topological polar surface area (TPSA) is 29.5 Å². The fourth-order valence-corrected chi connectivity index (χ4v) is 1.49. The van der Waals surface area contributed by atoms with E-state index in [0.717, 1.165) is 5.56 Å². The normalized spacial score (nSPS) is 15.0. The van der Waals surface area contributed by atoms with Gasteiger partial charge in [0.15, 0.2) is 0 Å². The smallest absolute Gasteiger partial charge is 0.129 e. The fourth-order valence-electron chi connectivity index (χ4n) is 1.49. The van der Waals surface area contributed by atoms with Crippen molar-refractivity contribution in [1.29, 1.82) is 0 Å². The van der Waals surface area contributed by atoms with Crippen molar-refractivity contribution in [1.82, 2.24) is 0 Å². The molecule has 0 aromatic heterocycles. The Labute approximate surface area is 89.7 Å². The van der Waals surface area contributed by atoms with Gasteiger partial charge in [-0.2, -0.15) is 0 Å². The number of halogens is 1. The van der Waals surface area contributed by atoms with E-state index in [0.29, 0.717) is 18.6 Å². The summed E-state index contributed by atoms with van der Waals surface area (Å²) in [7, 11) is 1.56. The number of hydrogen-bond acceptors (Lipinski definition) is 2. The van der Waals surface area contributed by atoms with E-state index in [9.17, 15) is 9.50 Å². The van der Waals surface area contributed by atoms with E-state index in [-0.39, 0.29) is 5.82 Å². The molecule has 0 aliphatic heterocycles. The van der Waals surface area contributed by atoms with Gasteiger partial charge >= 0.3 is 0 Å². The Balaban J connectivity index is 2.97. The SMILES string of the molecule is COCCC(C)(O)c1cc(C)ccc1F. The van der Waals surface area contributed by atoms with Crippen LogP contribution in [0.4, 0.5) is 4.39 Å². The number of hydrogen-bond donors (Lipinski definition) is 1. The van der Waals surface area contributed by atoms with Crippen LogP contribution in [-0.4, -0.2) is 18.8 Å². The molecule has 15 heavy (non-hydrogen) atoms. The Morgan fingerprint density at radius 2 is 2.13 bits per heavy atom. The first-order valence-corrected chi connectivity index (χ1v) is 4.95. The van der Waals surface area contributed by atoms with Crippen LogP contribution in [0.5, 0.6) is 0 Å². The fraction of sp³-hybridized carbons (Fsp3) is 0.500. The molecule has 1 unspecified atom stereocenters. The van der Waals surface area contributed by atoms with E-state index in [4.69, 9.17) is 4.74 Å². The van der Waals surface area contributed by atoms with E-state index >= 15 is 0 Å². The first-order chi connectivity index (χ1) is 6.97. The minimum Gasteiger partial charge on any atom is -0.385 e. The molecule has 0 bridgehead atoms. The molecule has 0 aliphatic carbocycles. The number of benzene rings is 1. The van der Waals surface area contributed by atoms with Crippen molar-refractivity contribution in [3.8, 4) is 0 Å². The van der Waals surface area contributed by atoms with E-state index in [1.54, 1.807) is 26.2 Å². The van der Waals surface area contributed by atoms with Crippen LogP contribution in [0.2, 0.25) is 0 Å². The summed E-state index contributed by atoms with van der Waals surface area (Å²) in [5.74, 6) is -0.373. The van der Waals surface area contributed by atoms with Crippen molar-refractivity contribution < 1.29 is 14.2 Å². The van der Waals surface area contributed by atoms with Crippen LogP contribution in [0.1, 0.15) is 24.5 Å². The lowest BCUT2D eigenvalue weighted by molar-refractivity contribution is 0.0181. The molecular weight excluding hydrogens is 195 g/mol. The number of rotatable bonds is 4. The van der Waals surface area contributed by atoms with Gasteiger partial charge in [0.25, 0.3) is 0 Å². The minimum atomic E-state index is -1.17. The van der Waals surface area contributed by atoms with Gasteiger partial charge in [-0.3, -0.25) is 0 Å². The van der Waals surface area contributed by atoms with Crippen LogP contribution in [0.25, 0.3) is 0 Å². The molecule has 0 saturated heterocycles. The first-order valence-electron chi connectivity index (χ1n) is 4.95. The Morgan fingerprint density at radius 3 is 2.73 bits per heavy atom. The molecule has 0 fully saturated rings. The van der Waals surface area contributed by atoms with Crippen molar-refractivity contribution in [2.24, 2.45) is 0 Å². The Kier molecular flexibility index (Phi) is 3.83. The van der Waals surface area contributed by atoms with Crippen molar-refractivity contribution in [2.45, 2.75) is 25.9 Å². The first kappa shape index (κ1) is 12.1. The Hall–Kier alpha value is -0.930. The summed E-state index contributed by atoms with van der Waals surface area (Å²) in [5, 5.41) is 10.1. The third-order valence-corrected chi connectivity index (χ3v) is 2.50. The van der Waals surface area contributed by atoms with Gasteiger partial charge in [0.1, 0.15) is 5.82 Å². The third-order valence-electron chi connectivity index (χ3n) is 2.50. The summed E-state index contributed by atoms with van der Waals surface area (Å²) in [6, 6.07) is 4.74. The van der Waals surface area contributed by atoms with Crippen LogP contribution in [-0.2, 0) is 10.3 Å². The molecule has 0 amide bonds. The quantitative estimate of drug-likeness (QED) is 0.830. The van der Waals surface area contributed by atoms with E-state index in [1.165, 1.54) is 6.07 Å². The molecule has 0 saturated carbocycles. The summed E-state index contributed by atoms with van der Waals surface area (Å²) in [4.78, 5) is 0. The van der Waals surface area contributed by atoms with Crippen molar-refractivity contribution >= 4 is 0 Å². The second kappa shape index (κ2) is 4.73. The van der Waals surface area contributed by atoms with Crippen molar-refractivity contribution in [3.05, 3.63) is 35.1 Å². The zero-order valence-corrected chi connectivity index (χ0v) is 9.38. The molecule has 3 heteroatoms. The highest BCUT2D eigenvalue weighted by molar-refractivity contribution is 5.28. The molecular formula is C12H17FO2.